The number of halogens is 1. The molecule has 1 heterocycles. The summed E-state index contributed by atoms with van der Waals surface area (Å²) in [4.78, 5) is 12.2. The highest BCUT2D eigenvalue weighted by Crippen LogP contribution is 2.33. The third-order valence-electron chi connectivity index (χ3n) is 3.76. The van der Waals surface area contributed by atoms with Crippen molar-refractivity contribution in [3.8, 4) is 5.75 Å². The lowest BCUT2D eigenvalue weighted by Gasteiger charge is -2.18. The number of hydrogen-bond acceptors (Lipinski definition) is 3. The first-order valence-corrected chi connectivity index (χ1v) is 7.00. The fraction of sp³-hybridized carbons (Fsp3) is 0.500. The first-order chi connectivity index (χ1) is 9.17. The van der Waals surface area contributed by atoms with E-state index in [0.717, 1.165) is 24.2 Å². The van der Waals surface area contributed by atoms with Crippen LogP contribution in [0.4, 0.5) is 0 Å². The van der Waals surface area contributed by atoms with Crippen molar-refractivity contribution in [1.82, 2.24) is 5.32 Å². The van der Waals surface area contributed by atoms with Crippen LogP contribution in [0.25, 0.3) is 0 Å². The molecule has 1 saturated carbocycles. The summed E-state index contributed by atoms with van der Waals surface area (Å²) in [6, 6.07) is 5.52. The second-order valence-electron chi connectivity index (χ2n) is 5.25. The number of rotatable bonds is 4. The number of benzene rings is 1. The number of carbonyl (C=O) groups excluding carboxylic acids is 1. The molecular weight excluding hydrogens is 264 g/mol. The van der Waals surface area contributed by atoms with Crippen molar-refractivity contribution < 1.29 is 9.53 Å². The van der Waals surface area contributed by atoms with Crippen molar-refractivity contribution in [2.75, 3.05) is 6.54 Å². The first-order valence-electron chi connectivity index (χ1n) is 6.63. The van der Waals surface area contributed by atoms with E-state index < -0.39 is 6.10 Å². The highest BCUT2D eigenvalue weighted by atomic mass is 35.5. The molecule has 0 radical (unpaired) electrons. The quantitative estimate of drug-likeness (QED) is 0.878. The van der Waals surface area contributed by atoms with Crippen LogP contribution in [0.15, 0.2) is 18.2 Å². The van der Waals surface area contributed by atoms with Gasteiger partial charge in [0.15, 0.2) is 6.10 Å². The molecule has 4 nitrogen and oxygen atoms in total. The summed E-state index contributed by atoms with van der Waals surface area (Å²) < 4.78 is 5.66. The Bertz CT molecular complexity index is 502. The van der Waals surface area contributed by atoms with Crippen LogP contribution in [0, 0.1) is 5.92 Å². The van der Waals surface area contributed by atoms with Crippen molar-refractivity contribution in [2.45, 2.75) is 31.4 Å². The first kappa shape index (κ1) is 12.8. The van der Waals surface area contributed by atoms with Crippen LogP contribution in [0.1, 0.15) is 18.4 Å². The minimum absolute atomic E-state index is 0.0744. The van der Waals surface area contributed by atoms with Crippen molar-refractivity contribution in [2.24, 2.45) is 11.7 Å². The Morgan fingerprint density at radius 2 is 2.32 bits per heavy atom. The van der Waals surface area contributed by atoms with E-state index in [4.69, 9.17) is 22.1 Å². The van der Waals surface area contributed by atoms with Gasteiger partial charge >= 0.3 is 0 Å². The molecule has 3 rings (SSSR count). The molecular formula is C14H17ClN2O2. The van der Waals surface area contributed by atoms with Gasteiger partial charge in [-0.1, -0.05) is 11.6 Å². The summed E-state index contributed by atoms with van der Waals surface area (Å²) in [5, 5.41) is 3.67. The molecule has 1 aliphatic carbocycles. The zero-order chi connectivity index (χ0) is 13.4. The van der Waals surface area contributed by atoms with E-state index in [-0.39, 0.29) is 11.9 Å². The van der Waals surface area contributed by atoms with Crippen LogP contribution in [0.3, 0.4) is 0 Å². The maximum atomic E-state index is 12.2. The Hall–Kier alpha value is -1.26. The lowest BCUT2D eigenvalue weighted by Crippen LogP contribution is -2.47. The average molecular weight is 281 g/mol. The second kappa shape index (κ2) is 5.02. The fourth-order valence-electron chi connectivity index (χ4n) is 2.51. The number of nitrogens with two attached hydrogens (primary N) is 1. The molecule has 1 aromatic carbocycles. The number of fused-ring (bicyclic) bond motifs is 1. The topological polar surface area (TPSA) is 64.3 Å². The number of amides is 1. The van der Waals surface area contributed by atoms with Crippen molar-refractivity contribution in [3.05, 3.63) is 28.8 Å². The van der Waals surface area contributed by atoms with Gasteiger partial charge in [0.2, 0.25) is 0 Å². The lowest BCUT2D eigenvalue weighted by atomic mass is 10.1. The zero-order valence-corrected chi connectivity index (χ0v) is 11.3. The van der Waals surface area contributed by atoms with Gasteiger partial charge in [-0.25, -0.2) is 0 Å². The molecule has 5 heteroatoms. The van der Waals surface area contributed by atoms with Gasteiger partial charge in [-0.15, -0.1) is 0 Å². The lowest BCUT2D eigenvalue weighted by molar-refractivity contribution is -0.128. The minimum Gasteiger partial charge on any atom is -0.480 e. The van der Waals surface area contributed by atoms with Crippen LogP contribution in [-0.4, -0.2) is 24.6 Å². The molecule has 1 aliphatic heterocycles. The number of carbonyl (C=O) groups is 1. The summed E-state index contributed by atoms with van der Waals surface area (Å²) in [6.45, 7) is 0.488. The molecule has 0 aromatic heterocycles. The van der Waals surface area contributed by atoms with Gasteiger partial charge < -0.3 is 15.8 Å². The third-order valence-corrected chi connectivity index (χ3v) is 4.00. The second-order valence-corrected chi connectivity index (χ2v) is 5.69. The predicted molar refractivity (Wildman–Crippen MR) is 73.3 cm³/mol. The smallest absolute Gasteiger partial charge is 0.261 e. The van der Waals surface area contributed by atoms with Gasteiger partial charge in [0.25, 0.3) is 5.91 Å². The molecule has 2 aliphatic rings. The van der Waals surface area contributed by atoms with Crippen LogP contribution < -0.4 is 15.8 Å². The molecule has 2 unspecified atom stereocenters. The molecule has 0 saturated heterocycles. The molecule has 2 atom stereocenters. The van der Waals surface area contributed by atoms with Crippen LogP contribution >= 0.6 is 11.6 Å². The minimum atomic E-state index is -0.457. The van der Waals surface area contributed by atoms with Gasteiger partial charge in [0.1, 0.15) is 5.75 Å². The van der Waals surface area contributed by atoms with E-state index in [1.807, 2.05) is 12.1 Å². The van der Waals surface area contributed by atoms with Gasteiger partial charge in [0, 0.05) is 24.0 Å². The summed E-state index contributed by atoms with van der Waals surface area (Å²) in [5.74, 6) is 1.22. The van der Waals surface area contributed by atoms with Gasteiger partial charge in [-0.05, 0) is 42.5 Å². The zero-order valence-electron chi connectivity index (χ0n) is 10.6. The molecule has 1 amide bonds. The van der Waals surface area contributed by atoms with Crippen molar-refractivity contribution >= 4 is 17.5 Å². The van der Waals surface area contributed by atoms with E-state index in [0.29, 0.717) is 23.9 Å². The van der Waals surface area contributed by atoms with E-state index in [9.17, 15) is 4.79 Å². The maximum Gasteiger partial charge on any atom is 0.261 e. The Kier molecular flexibility index (Phi) is 3.37. The average Bonchev–Trinajstić information content (AvgIpc) is 3.15. The molecule has 3 N–H and O–H groups in total. The van der Waals surface area contributed by atoms with Crippen LogP contribution in [0.5, 0.6) is 5.75 Å². The summed E-state index contributed by atoms with van der Waals surface area (Å²) in [5.41, 5.74) is 6.68. The molecule has 1 fully saturated rings. The van der Waals surface area contributed by atoms with E-state index >= 15 is 0 Å². The number of hydrogen-bond donors (Lipinski definition) is 2. The Morgan fingerprint density at radius 1 is 1.53 bits per heavy atom. The van der Waals surface area contributed by atoms with Crippen molar-refractivity contribution in [1.29, 1.82) is 0 Å². The standard InChI is InChI=1S/C14H17ClN2O2/c15-10-3-4-12-9(5-10)6-13(19-12)14(18)17-11(7-16)8-1-2-8/h3-5,8,11,13H,1-2,6-7,16H2,(H,17,18). The van der Waals surface area contributed by atoms with Gasteiger partial charge in [-0.3, -0.25) is 4.79 Å². The summed E-state index contributed by atoms with van der Waals surface area (Å²) in [7, 11) is 0. The van der Waals surface area contributed by atoms with E-state index in [2.05, 4.69) is 5.32 Å². The summed E-state index contributed by atoms with van der Waals surface area (Å²) in [6.07, 6.45) is 2.43. The van der Waals surface area contributed by atoms with Crippen LogP contribution in [0.2, 0.25) is 5.02 Å². The van der Waals surface area contributed by atoms with Gasteiger partial charge in [-0.2, -0.15) is 0 Å². The maximum absolute atomic E-state index is 12.2. The normalized spacial score (nSPS) is 22.5. The molecule has 19 heavy (non-hydrogen) atoms. The highest BCUT2D eigenvalue weighted by molar-refractivity contribution is 6.30. The van der Waals surface area contributed by atoms with Gasteiger partial charge in [0.05, 0.1) is 0 Å². The SMILES string of the molecule is NCC(NC(=O)C1Cc2cc(Cl)ccc2O1)C1CC1. The Morgan fingerprint density at radius 3 is 3.00 bits per heavy atom. The van der Waals surface area contributed by atoms with E-state index in [1.165, 1.54) is 0 Å². The summed E-state index contributed by atoms with van der Waals surface area (Å²) >= 11 is 5.93. The highest BCUT2D eigenvalue weighted by Gasteiger charge is 2.35. The molecule has 0 bridgehead atoms. The Labute approximate surface area is 117 Å². The fourth-order valence-corrected chi connectivity index (χ4v) is 2.70. The van der Waals surface area contributed by atoms with Crippen molar-refractivity contribution in [3.63, 3.8) is 0 Å². The molecule has 1 aromatic rings. The number of ether oxygens (including phenoxy) is 1. The van der Waals surface area contributed by atoms with E-state index in [1.54, 1.807) is 6.07 Å². The monoisotopic (exact) mass is 280 g/mol. The number of nitrogens with one attached hydrogen (secondary N) is 1. The molecule has 0 spiro atoms. The predicted octanol–water partition coefficient (Wildman–Crippen LogP) is 1.50. The Balaban J connectivity index is 1.63. The van der Waals surface area contributed by atoms with Crippen LogP contribution in [-0.2, 0) is 11.2 Å². The molecule has 102 valence electrons. The largest absolute Gasteiger partial charge is 0.480 e. The third kappa shape index (κ3) is 2.69.